The summed E-state index contributed by atoms with van der Waals surface area (Å²) in [6.07, 6.45) is 8.71. The van der Waals surface area contributed by atoms with Gasteiger partial charge in [-0.05, 0) is 81.5 Å². The summed E-state index contributed by atoms with van der Waals surface area (Å²) >= 11 is 0. The lowest BCUT2D eigenvalue weighted by molar-refractivity contribution is -0.000161. The standard InChI is InChI=1S/C21H38O/c1-15-12-21(7,14-20(5,6)22)16(2)8-9-18(15)17-10-11-19(3,4)13-17/h15-16,22H,8-14H2,1-7H3/b18-17-. The van der Waals surface area contributed by atoms with Crippen molar-refractivity contribution in [2.24, 2.45) is 22.7 Å². The van der Waals surface area contributed by atoms with E-state index in [1.165, 1.54) is 38.5 Å². The van der Waals surface area contributed by atoms with Crippen LogP contribution < -0.4 is 0 Å². The molecular formula is C21H38O. The molecule has 0 spiro atoms. The lowest BCUT2D eigenvalue weighted by Crippen LogP contribution is -2.35. The van der Waals surface area contributed by atoms with Gasteiger partial charge in [0, 0.05) is 0 Å². The Morgan fingerprint density at radius 3 is 2.27 bits per heavy atom. The Hall–Kier alpha value is -0.300. The number of hydrogen-bond donors (Lipinski definition) is 1. The van der Waals surface area contributed by atoms with Gasteiger partial charge in [0.15, 0.2) is 0 Å². The van der Waals surface area contributed by atoms with Gasteiger partial charge in [-0.25, -0.2) is 0 Å². The molecule has 2 saturated carbocycles. The molecule has 0 radical (unpaired) electrons. The van der Waals surface area contributed by atoms with E-state index in [0.717, 1.165) is 6.42 Å². The lowest BCUT2D eigenvalue weighted by atomic mass is 9.67. The van der Waals surface area contributed by atoms with E-state index in [2.05, 4.69) is 34.6 Å². The molecule has 3 atom stereocenters. The van der Waals surface area contributed by atoms with Crippen molar-refractivity contribution in [1.82, 2.24) is 0 Å². The van der Waals surface area contributed by atoms with Crippen molar-refractivity contribution < 1.29 is 5.11 Å². The Morgan fingerprint density at radius 2 is 1.77 bits per heavy atom. The van der Waals surface area contributed by atoms with Crippen LogP contribution in [0.5, 0.6) is 0 Å². The maximum atomic E-state index is 10.4. The summed E-state index contributed by atoms with van der Waals surface area (Å²) in [6.45, 7) is 16.0. The molecule has 2 fully saturated rings. The minimum Gasteiger partial charge on any atom is -0.390 e. The average molecular weight is 307 g/mol. The van der Waals surface area contributed by atoms with Gasteiger partial charge < -0.3 is 5.11 Å². The van der Waals surface area contributed by atoms with Gasteiger partial charge in [0.05, 0.1) is 5.60 Å². The summed E-state index contributed by atoms with van der Waals surface area (Å²) in [7, 11) is 0. The molecular weight excluding hydrogens is 268 g/mol. The largest absolute Gasteiger partial charge is 0.390 e. The van der Waals surface area contributed by atoms with Gasteiger partial charge in [-0.1, -0.05) is 45.8 Å². The summed E-state index contributed by atoms with van der Waals surface area (Å²) in [5.41, 5.74) is 3.76. The molecule has 1 heteroatoms. The zero-order valence-electron chi connectivity index (χ0n) is 16.1. The van der Waals surface area contributed by atoms with Crippen molar-refractivity contribution in [2.75, 3.05) is 0 Å². The van der Waals surface area contributed by atoms with Gasteiger partial charge in [-0.15, -0.1) is 0 Å². The average Bonchev–Trinajstić information content (AvgIpc) is 2.61. The van der Waals surface area contributed by atoms with Crippen molar-refractivity contribution in [1.29, 1.82) is 0 Å². The predicted octanol–water partition coefficient (Wildman–Crippen LogP) is 6.12. The molecule has 128 valence electrons. The molecule has 0 bridgehead atoms. The summed E-state index contributed by atoms with van der Waals surface area (Å²) in [6, 6.07) is 0. The van der Waals surface area contributed by atoms with Crippen molar-refractivity contribution in [3.63, 3.8) is 0 Å². The minimum absolute atomic E-state index is 0.258. The molecule has 2 aliphatic rings. The van der Waals surface area contributed by atoms with E-state index in [1.807, 2.05) is 13.8 Å². The molecule has 2 aliphatic carbocycles. The van der Waals surface area contributed by atoms with Gasteiger partial charge >= 0.3 is 0 Å². The van der Waals surface area contributed by atoms with E-state index < -0.39 is 5.60 Å². The molecule has 0 saturated heterocycles. The number of aliphatic hydroxyl groups is 1. The fraction of sp³-hybridized carbons (Fsp3) is 0.905. The maximum Gasteiger partial charge on any atom is 0.0597 e. The van der Waals surface area contributed by atoms with Crippen LogP contribution in [0.1, 0.15) is 93.4 Å². The minimum atomic E-state index is -0.560. The highest BCUT2D eigenvalue weighted by Crippen LogP contribution is 2.51. The monoisotopic (exact) mass is 306 g/mol. The Bertz CT molecular complexity index is 437. The van der Waals surface area contributed by atoms with Crippen molar-refractivity contribution >= 4 is 0 Å². The zero-order valence-corrected chi connectivity index (χ0v) is 16.1. The van der Waals surface area contributed by atoms with E-state index in [9.17, 15) is 5.11 Å². The first-order chi connectivity index (χ1) is 9.92. The lowest BCUT2D eigenvalue weighted by Gasteiger charge is -2.40. The summed E-state index contributed by atoms with van der Waals surface area (Å²) in [5.74, 6) is 1.37. The van der Waals surface area contributed by atoms with Crippen LogP contribution in [0.2, 0.25) is 0 Å². The first-order valence-electron chi connectivity index (χ1n) is 9.35. The van der Waals surface area contributed by atoms with Gasteiger partial charge in [0.2, 0.25) is 0 Å². The second-order valence-electron chi connectivity index (χ2n) is 10.2. The van der Waals surface area contributed by atoms with E-state index in [4.69, 9.17) is 0 Å². The van der Waals surface area contributed by atoms with Crippen LogP contribution in [0.25, 0.3) is 0 Å². The molecule has 0 aromatic rings. The number of hydrogen-bond acceptors (Lipinski definition) is 1. The fourth-order valence-corrected chi connectivity index (χ4v) is 5.27. The molecule has 22 heavy (non-hydrogen) atoms. The topological polar surface area (TPSA) is 20.2 Å². The van der Waals surface area contributed by atoms with Crippen LogP contribution in [0.4, 0.5) is 0 Å². The first kappa shape index (κ1) is 18.0. The van der Waals surface area contributed by atoms with Crippen LogP contribution in [0.3, 0.4) is 0 Å². The van der Waals surface area contributed by atoms with Crippen molar-refractivity contribution in [3.8, 4) is 0 Å². The summed E-state index contributed by atoms with van der Waals surface area (Å²) in [5, 5.41) is 10.4. The third-order valence-corrected chi connectivity index (χ3v) is 6.49. The maximum absolute atomic E-state index is 10.4. The molecule has 0 aromatic carbocycles. The Kier molecular flexibility index (Phi) is 4.89. The first-order valence-corrected chi connectivity index (χ1v) is 9.35. The Labute approximate surface area is 138 Å². The van der Waals surface area contributed by atoms with Crippen LogP contribution in [0, 0.1) is 22.7 Å². The van der Waals surface area contributed by atoms with Gasteiger partial charge in [-0.2, -0.15) is 0 Å². The zero-order chi connectivity index (χ0) is 16.8. The second kappa shape index (κ2) is 5.96. The van der Waals surface area contributed by atoms with E-state index in [-0.39, 0.29) is 5.41 Å². The molecule has 3 unspecified atom stereocenters. The smallest absolute Gasteiger partial charge is 0.0597 e. The third-order valence-electron chi connectivity index (χ3n) is 6.49. The summed E-state index contributed by atoms with van der Waals surface area (Å²) < 4.78 is 0. The molecule has 1 N–H and O–H groups in total. The molecule has 0 aliphatic heterocycles. The van der Waals surface area contributed by atoms with Gasteiger partial charge in [-0.3, -0.25) is 0 Å². The molecule has 0 aromatic heterocycles. The number of allylic oxidation sites excluding steroid dienone is 2. The predicted molar refractivity (Wildman–Crippen MR) is 95.9 cm³/mol. The van der Waals surface area contributed by atoms with Crippen LogP contribution >= 0.6 is 0 Å². The fourth-order valence-electron chi connectivity index (χ4n) is 5.27. The van der Waals surface area contributed by atoms with Crippen molar-refractivity contribution in [3.05, 3.63) is 11.1 Å². The van der Waals surface area contributed by atoms with Gasteiger partial charge in [0.25, 0.3) is 0 Å². The third kappa shape index (κ3) is 4.16. The Balaban J connectivity index is 2.23. The quantitative estimate of drug-likeness (QED) is 0.481. The van der Waals surface area contributed by atoms with E-state index in [1.54, 1.807) is 11.1 Å². The highest BCUT2D eigenvalue weighted by atomic mass is 16.3. The van der Waals surface area contributed by atoms with E-state index in [0.29, 0.717) is 17.3 Å². The summed E-state index contributed by atoms with van der Waals surface area (Å²) in [4.78, 5) is 0. The highest BCUT2D eigenvalue weighted by Gasteiger charge is 2.40. The van der Waals surface area contributed by atoms with E-state index >= 15 is 0 Å². The number of rotatable bonds is 2. The normalized spacial score (nSPS) is 39.8. The second-order valence-corrected chi connectivity index (χ2v) is 10.2. The molecule has 0 amide bonds. The highest BCUT2D eigenvalue weighted by molar-refractivity contribution is 5.23. The van der Waals surface area contributed by atoms with Crippen LogP contribution in [-0.4, -0.2) is 10.7 Å². The molecule has 0 heterocycles. The van der Waals surface area contributed by atoms with Gasteiger partial charge in [0.1, 0.15) is 0 Å². The van der Waals surface area contributed by atoms with Crippen LogP contribution in [0.15, 0.2) is 11.1 Å². The SMILES string of the molecule is CC1CC(C)(CC(C)(C)O)C(C)CC/C1=C1\CCC(C)(C)C1. The van der Waals surface area contributed by atoms with Crippen LogP contribution in [-0.2, 0) is 0 Å². The molecule has 1 nitrogen and oxygen atoms in total. The Morgan fingerprint density at radius 1 is 1.14 bits per heavy atom. The molecule has 2 rings (SSSR count). The van der Waals surface area contributed by atoms with Crippen molar-refractivity contribution in [2.45, 2.75) is 99.0 Å².